The fraction of sp³-hybridized carbons (Fsp3) is 0.458. The third kappa shape index (κ3) is 4.36. The minimum Gasteiger partial charge on any atom is -0.378 e. The lowest BCUT2D eigenvalue weighted by molar-refractivity contribution is -0.132. The zero-order chi connectivity index (χ0) is 22.1. The monoisotopic (exact) mass is 469 g/mol. The summed E-state index contributed by atoms with van der Waals surface area (Å²) in [5.41, 5.74) is 2.27. The smallest absolute Gasteiger partial charge is 0.263 e. The molecule has 1 atom stereocenters. The molecule has 1 amide bonds. The van der Waals surface area contributed by atoms with Crippen molar-refractivity contribution >= 4 is 39.2 Å². The first-order chi connectivity index (χ1) is 15.6. The van der Waals surface area contributed by atoms with Crippen molar-refractivity contribution in [3.8, 4) is 0 Å². The highest BCUT2D eigenvalue weighted by molar-refractivity contribution is 7.99. The standard InChI is InChI=1S/C24H27N3O3S2/c1-16-7-8-18-19(13-16)32-22-21(18)23(29)27(14-17-5-3-2-4-6-17)24(25-22)31-15-20(28)26-9-11-30-12-10-26/h2-6,16H,7-15H2,1H3. The Bertz CT molecular complexity index is 1180. The number of benzene rings is 1. The lowest BCUT2D eigenvalue weighted by atomic mass is 9.89. The molecule has 3 aromatic rings. The molecule has 1 fully saturated rings. The van der Waals surface area contributed by atoms with E-state index in [-0.39, 0.29) is 17.2 Å². The molecular weight excluding hydrogens is 442 g/mol. The number of amides is 1. The number of morpholine rings is 1. The van der Waals surface area contributed by atoms with Gasteiger partial charge in [-0.3, -0.25) is 14.2 Å². The van der Waals surface area contributed by atoms with Crippen LogP contribution in [0.1, 0.15) is 29.3 Å². The van der Waals surface area contributed by atoms with Crippen LogP contribution >= 0.6 is 23.1 Å². The molecule has 1 unspecified atom stereocenters. The van der Waals surface area contributed by atoms with Gasteiger partial charge in [0.1, 0.15) is 4.83 Å². The van der Waals surface area contributed by atoms with E-state index in [0.29, 0.717) is 43.9 Å². The van der Waals surface area contributed by atoms with Crippen LogP contribution in [0.15, 0.2) is 40.3 Å². The van der Waals surface area contributed by atoms with Crippen LogP contribution < -0.4 is 5.56 Å². The largest absolute Gasteiger partial charge is 0.378 e. The Labute approximate surface area is 195 Å². The van der Waals surface area contributed by atoms with E-state index in [9.17, 15) is 9.59 Å². The van der Waals surface area contributed by atoms with E-state index in [2.05, 4.69) is 6.92 Å². The first kappa shape index (κ1) is 21.7. The normalized spacial score (nSPS) is 18.7. The molecule has 1 aliphatic heterocycles. The van der Waals surface area contributed by atoms with Crippen molar-refractivity contribution in [2.24, 2.45) is 5.92 Å². The minimum atomic E-state index is 0.0206. The van der Waals surface area contributed by atoms with E-state index in [0.717, 1.165) is 35.0 Å². The van der Waals surface area contributed by atoms with E-state index in [1.54, 1.807) is 15.9 Å². The molecule has 6 nitrogen and oxygen atoms in total. The Hall–Kier alpha value is -2.16. The maximum Gasteiger partial charge on any atom is 0.263 e. The molecule has 1 aromatic carbocycles. The summed E-state index contributed by atoms with van der Waals surface area (Å²) in [6.45, 7) is 5.14. The van der Waals surface area contributed by atoms with Gasteiger partial charge in [0.15, 0.2) is 5.16 Å². The fourth-order valence-electron chi connectivity index (χ4n) is 4.45. The van der Waals surface area contributed by atoms with Gasteiger partial charge in [-0.2, -0.15) is 0 Å². The van der Waals surface area contributed by atoms with Crippen LogP contribution in [0, 0.1) is 5.92 Å². The summed E-state index contributed by atoms with van der Waals surface area (Å²) in [6.07, 6.45) is 3.08. The summed E-state index contributed by atoms with van der Waals surface area (Å²) in [5, 5.41) is 1.41. The maximum atomic E-state index is 13.7. The number of ether oxygens (including phenoxy) is 1. The van der Waals surface area contributed by atoms with Crippen molar-refractivity contribution in [3.63, 3.8) is 0 Å². The summed E-state index contributed by atoms with van der Waals surface area (Å²) in [7, 11) is 0. The first-order valence-electron chi connectivity index (χ1n) is 11.2. The van der Waals surface area contributed by atoms with E-state index in [1.807, 2.05) is 35.2 Å². The molecule has 0 radical (unpaired) electrons. The number of aromatic nitrogens is 2. The second-order valence-electron chi connectivity index (χ2n) is 8.59. The van der Waals surface area contributed by atoms with Crippen molar-refractivity contribution in [1.82, 2.24) is 14.5 Å². The van der Waals surface area contributed by atoms with Crippen LogP contribution in [0.3, 0.4) is 0 Å². The number of thioether (sulfide) groups is 1. The SMILES string of the molecule is CC1CCc2c(sc3nc(SCC(=O)N4CCOCC4)n(Cc4ccccc4)c(=O)c23)C1. The van der Waals surface area contributed by atoms with Gasteiger partial charge < -0.3 is 9.64 Å². The van der Waals surface area contributed by atoms with Crippen LogP contribution in [-0.4, -0.2) is 52.4 Å². The number of aryl methyl sites for hydroxylation is 1. The van der Waals surface area contributed by atoms with Gasteiger partial charge in [-0.15, -0.1) is 11.3 Å². The lowest BCUT2D eigenvalue weighted by Crippen LogP contribution is -2.41. The van der Waals surface area contributed by atoms with Crippen molar-refractivity contribution in [3.05, 3.63) is 56.7 Å². The Balaban J connectivity index is 1.51. The third-order valence-corrected chi connectivity index (χ3v) is 8.36. The molecule has 2 aliphatic rings. The minimum absolute atomic E-state index is 0.0206. The van der Waals surface area contributed by atoms with Gasteiger partial charge >= 0.3 is 0 Å². The van der Waals surface area contributed by atoms with Crippen molar-refractivity contribution in [1.29, 1.82) is 0 Å². The number of hydrogen-bond donors (Lipinski definition) is 0. The molecule has 0 N–H and O–H groups in total. The molecule has 2 aromatic heterocycles. The fourth-order valence-corrected chi connectivity index (χ4v) is 6.78. The molecule has 32 heavy (non-hydrogen) atoms. The van der Waals surface area contributed by atoms with Crippen molar-refractivity contribution < 1.29 is 9.53 Å². The number of hydrogen-bond acceptors (Lipinski definition) is 6. The van der Waals surface area contributed by atoms with Crippen LogP contribution in [0.2, 0.25) is 0 Å². The summed E-state index contributed by atoms with van der Waals surface area (Å²) in [4.78, 5) is 35.3. The molecule has 3 heterocycles. The zero-order valence-corrected chi connectivity index (χ0v) is 19.8. The molecule has 0 spiro atoms. The van der Waals surface area contributed by atoms with Gasteiger partial charge in [-0.1, -0.05) is 49.0 Å². The van der Waals surface area contributed by atoms with Gasteiger partial charge in [-0.05, 0) is 36.3 Å². The highest BCUT2D eigenvalue weighted by Gasteiger charge is 2.25. The predicted octanol–water partition coefficient (Wildman–Crippen LogP) is 3.58. The highest BCUT2D eigenvalue weighted by Crippen LogP contribution is 2.36. The average Bonchev–Trinajstić information content (AvgIpc) is 3.18. The molecule has 168 valence electrons. The summed E-state index contributed by atoms with van der Waals surface area (Å²) < 4.78 is 7.12. The van der Waals surface area contributed by atoms with E-state index in [4.69, 9.17) is 9.72 Å². The molecule has 1 saturated heterocycles. The molecule has 0 saturated carbocycles. The Morgan fingerprint density at radius 1 is 1.25 bits per heavy atom. The number of carbonyl (C=O) groups is 1. The first-order valence-corrected chi connectivity index (χ1v) is 13.0. The number of rotatable bonds is 5. The van der Waals surface area contributed by atoms with Crippen LogP contribution in [0.5, 0.6) is 0 Å². The third-order valence-electron chi connectivity index (χ3n) is 6.25. The second kappa shape index (κ2) is 9.37. The average molecular weight is 470 g/mol. The Morgan fingerprint density at radius 2 is 2.03 bits per heavy atom. The number of carbonyl (C=O) groups excluding carboxylic acids is 1. The number of fused-ring (bicyclic) bond motifs is 3. The van der Waals surface area contributed by atoms with Crippen molar-refractivity contribution in [2.45, 2.75) is 37.9 Å². The van der Waals surface area contributed by atoms with E-state index in [1.165, 1.54) is 22.2 Å². The molecule has 0 bridgehead atoms. The van der Waals surface area contributed by atoms with Crippen LogP contribution in [-0.2, 0) is 28.9 Å². The van der Waals surface area contributed by atoms with E-state index >= 15 is 0 Å². The van der Waals surface area contributed by atoms with Gasteiger partial charge in [0.05, 0.1) is 30.9 Å². The molecular formula is C24H27N3O3S2. The summed E-state index contributed by atoms with van der Waals surface area (Å²) in [5.74, 6) is 0.981. The topological polar surface area (TPSA) is 64.4 Å². The number of nitrogens with zero attached hydrogens (tertiary/aromatic N) is 3. The second-order valence-corrected chi connectivity index (χ2v) is 10.6. The molecule has 1 aliphatic carbocycles. The van der Waals surface area contributed by atoms with Crippen molar-refractivity contribution in [2.75, 3.05) is 32.1 Å². The lowest BCUT2D eigenvalue weighted by Gasteiger charge is -2.26. The Morgan fingerprint density at radius 3 is 2.81 bits per heavy atom. The van der Waals surface area contributed by atoms with Gasteiger partial charge in [0.25, 0.3) is 5.56 Å². The molecule has 5 rings (SSSR count). The zero-order valence-electron chi connectivity index (χ0n) is 18.2. The molecule has 8 heteroatoms. The quantitative estimate of drug-likeness (QED) is 0.422. The maximum absolute atomic E-state index is 13.7. The van der Waals surface area contributed by atoms with Gasteiger partial charge in [-0.25, -0.2) is 4.98 Å². The van der Waals surface area contributed by atoms with Crippen LogP contribution in [0.25, 0.3) is 10.2 Å². The van der Waals surface area contributed by atoms with E-state index < -0.39 is 0 Å². The highest BCUT2D eigenvalue weighted by atomic mass is 32.2. The summed E-state index contributed by atoms with van der Waals surface area (Å²) in [6, 6.07) is 9.98. The van der Waals surface area contributed by atoms with Crippen LogP contribution in [0.4, 0.5) is 0 Å². The Kier molecular flexibility index (Phi) is 6.35. The predicted molar refractivity (Wildman–Crippen MR) is 129 cm³/mol. The van der Waals surface area contributed by atoms with Gasteiger partial charge in [0.2, 0.25) is 5.91 Å². The number of thiophene rings is 1. The van der Waals surface area contributed by atoms with Gasteiger partial charge in [0, 0.05) is 18.0 Å². The summed E-state index contributed by atoms with van der Waals surface area (Å²) >= 11 is 3.03.